The third kappa shape index (κ3) is 2.19. The van der Waals surface area contributed by atoms with E-state index in [1.807, 2.05) is 38.1 Å². The van der Waals surface area contributed by atoms with E-state index in [2.05, 4.69) is 21.4 Å². The van der Waals surface area contributed by atoms with Crippen LogP contribution in [-0.4, -0.2) is 15.9 Å². The summed E-state index contributed by atoms with van der Waals surface area (Å²) >= 11 is 0. The predicted octanol–water partition coefficient (Wildman–Crippen LogP) is 2.94. The number of rotatable bonds is 0. The highest BCUT2D eigenvalue weighted by Crippen LogP contribution is 2.47. The van der Waals surface area contributed by atoms with Crippen LogP contribution in [0.3, 0.4) is 0 Å². The van der Waals surface area contributed by atoms with E-state index in [9.17, 15) is 9.59 Å². The molecule has 1 aliphatic carbocycles. The van der Waals surface area contributed by atoms with Gasteiger partial charge in [0.2, 0.25) is 11.5 Å². The molecule has 1 spiro atoms. The number of hydrogen-bond acceptors (Lipinski definition) is 3. The van der Waals surface area contributed by atoms with Crippen molar-refractivity contribution in [2.24, 2.45) is 0 Å². The molecule has 1 aliphatic heterocycles. The number of hydrogen-bond donors (Lipinski definition) is 2. The van der Waals surface area contributed by atoms with Crippen LogP contribution in [0.1, 0.15) is 30.5 Å². The van der Waals surface area contributed by atoms with Crippen LogP contribution < -0.4 is 10.9 Å². The van der Waals surface area contributed by atoms with E-state index in [0.29, 0.717) is 18.7 Å². The Labute approximate surface area is 145 Å². The molecule has 0 saturated heterocycles. The predicted molar refractivity (Wildman–Crippen MR) is 97.9 cm³/mol. The quantitative estimate of drug-likeness (QED) is 0.664. The molecule has 2 aliphatic rings. The van der Waals surface area contributed by atoms with Crippen molar-refractivity contribution in [3.8, 4) is 0 Å². The molecule has 2 aromatic heterocycles. The Morgan fingerprint density at radius 2 is 1.80 bits per heavy atom. The molecule has 1 amide bonds. The number of aromatic nitrogens is 2. The second-order valence-corrected chi connectivity index (χ2v) is 6.32. The van der Waals surface area contributed by atoms with Gasteiger partial charge in [0.15, 0.2) is 0 Å². The van der Waals surface area contributed by atoms with Gasteiger partial charge in [0.25, 0.3) is 0 Å². The molecule has 1 atom stereocenters. The highest BCUT2D eigenvalue weighted by atomic mass is 16.2. The Balaban J connectivity index is 0.000000758. The van der Waals surface area contributed by atoms with Gasteiger partial charge in [-0.25, -0.2) is 4.98 Å². The second kappa shape index (κ2) is 5.55. The molecule has 3 aromatic rings. The smallest absolute Gasteiger partial charge is 0.248 e. The fourth-order valence-corrected chi connectivity index (χ4v) is 3.93. The van der Waals surface area contributed by atoms with Gasteiger partial charge < -0.3 is 10.3 Å². The van der Waals surface area contributed by atoms with Crippen molar-refractivity contribution >= 4 is 22.6 Å². The van der Waals surface area contributed by atoms with Crippen molar-refractivity contribution in [3.05, 3.63) is 69.6 Å². The zero-order chi connectivity index (χ0) is 17.6. The van der Waals surface area contributed by atoms with Gasteiger partial charge in [-0.05, 0) is 53.6 Å². The molecular weight excluding hydrogens is 314 g/mol. The molecule has 1 unspecified atom stereocenters. The van der Waals surface area contributed by atoms with Gasteiger partial charge in [-0.3, -0.25) is 9.59 Å². The summed E-state index contributed by atoms with van der Waals surface area (Å²) in [5, 5.41) is 3.90. The second-order valence-electron chi connectivity index (χ2n) is 6.32. The Kier molecular flexibility index (Phi) is 3.46. The summed E-state index contributed by atoms with van der Waals surface area (Å²) in [5.74, 6) is 0.684. The number of carbonyl (C=O) groups excluding carboxylic acids is 1. The van der Waals surface area contributed by atoms with Crippen LogP contribution in [0.15, 0.2) is 47.4 Å². The average molecular weight is 333 g/mol. The summed E-state index contributed by atoms with van der Waals surface area (Å²) in [6.45, 7) is 4.00. The topological polar surface area (TPSA) is 74.8 Å². The van der Waals surface area contributed by atoms with Crippen LogP contribution in [0.4, 0.5) is 5.82 Å². The molecule has 126 valence electrons. The molecular formula is C20H19N3O2. The summed E-state index contributed by atoms with van der Waals surface area (Å²) in [4.78, 5) is 31.3. The van der Waals surface area contributed by atoms with E-state index in [1.54, 1.807) is 6.20 Å². The first-order valence-corrected chi connectivity index (χ1v) is 8.57. The minimum absolute atomic E-state index is 0.0138. The van der Waals surface area contributed by atoms with Crippen molar-refractivity contribution < 1.29 is 4.79 Å². The summed E-state index contributed by atoms with van der Waals surface area (Å²) in [5.41, 5.74) is 3.39. The monoisotopic (exact) mass is 333 g/mol. The first-order chi connectivity index (χ1) is 12.2. The molecule has 5 rings (SSSR count). The van der Waals surface area contributed by atoms with Gasteiger partial charge in [0, 0.05) is 23.3 Å². The number of aromatic amines is 1. The standard InChI is InChI=1S/C18H13N3O2.C2H6/c22-15-4-3-10-6-11-8-18(9-12(11)7-14(10)20-15)13-2-1-5-19-16(13)21-17(18)23;1-2/h1-7H,8-9H2,(H,20,22)(H,19,21,23);1-2H3. The summed E-state index contributed by atoms with van der Waals surface area (Å²) in [7, 11) is 0. The first kappa shape index (κ1) is 15.6. The van der Waals surface area contributed by atoms with Crippen molar-refractivity contribution in [3.63, 3.8) is 0 Å². The first-order valence-electron chi connectivity index (χ1n) is 8.57. The Bertz CT molecular complexity index is 1050. The highest BCUT2D eigenvalue weighted by Gasteiger charge is 2.51. The maximum atomic E-state index is 12.7. The number of anilines is 1. The van der Waals surface area contributed by atoms with E-state index in [4.69, 9.17) is 0 Å². The number of H-pyrrole nitrogens is 1. The number of benzene rings is 1. The SMILES string of the molecule is CC.O=C1Nc2ncccc2C12Cc1cc3ccc(=O)[nH]c3cc1C2. The van der Waals surface area contributed by atoms with Crippen LogP contribution in [0.25, 0.3) is 10.9 Å². The molecule has 0 saturated carbocycles. The Hall–Kier alpha value is -2.95. The normalized spacial score (nSPS) is 20.0. The van der Waals surface area contributed by atoms with E-state index < -0.39 is 5.41 Å². The van der Waals surface area contributed by atoms with Gasteiger partial charge in [0.05, 0.1) is 5.41 Å². The Morgan fingerprint density at radius 1 is 1.04 bits per heavy atom. The number of carbonyl (C=O) groups is 1. The number of amides is 1. The molecule has 3 heterocycles. The number of nitrogens with one attached hydrogen (secondary N) is 2. The number of pyridine rings is 2. The third-order valence-corrected chi connectivity index (χ3v) is 5.02. The van der Waals surface area contributed by atoms with Crippen LogP contribution in [-0.2, 0) is 23.1 Å². The van der Waals surface area contributed by atoms with Crippen LogP contribution in [0.5, 0.6) is 0 Å². The summed E-state index contributed by atoms with van der Waals surface area (Å²) in [6, 6.07) is 11.3. The van der Waals surface area contributed by atoms with Crippen molar-refractivity contribution in [1.82, 2.24) is 9.97 Å². The lowest BCUT2D eigenvalue weighted by Gasteiger charge is -2.20. The van der Waals surface area contributed by atoms with Gasteiger partial charge in [-0.2, -0.15) is 0 Å². The Morgan fingerprint density at radius 3 is 2.60 bits per heavy atom. The maximum absolute atomic E-state index is 12.7. The lowest BCUT2D eigenvalue weighted by atomic mass is 9.79. The van der Waals surface area contributed by atoms with Crippen molar-refractivity contribution in [1.29, 1.82) is 0 Å². The largest absolute Gasteiger partial charge is 0.322 e. The van der Waals surface area contributed by atoms with Gasteiger partial charge in [0.1, 0.15) is 5.82 Å². The fraction of sp³-hybridized carbons (Fsp3) is 0.250. The van der Waals surface area contributed by atoms with E-state index in [1.165, 1.54) is 6.07 Å². The number of fused-ring (bicyclic) bond motifs is 4. The van der Waals surface area contributed by atoms with Crippen LogP contribution in [0, 0.1) is 0 Å². The zero-order valence-electron chi connectivity index (χ0n) is 14.2. The van der Waals surface area contributed by atoms with E-state index in [0.717, 1.165) is 27.6 Å². The van der Waals surface area contributed by atoms with Gasteiger partial charge in [-0.15, -0.1) is 0 Å². The molecule has 5 nitrogen and oxygen atoms in total. The van der Waals surface area contributed by atoms with Crippen molar-refractivity contribution in [2.45, 2.75) is 32.1 Å². The average Bonchev–Trinajstić information content (AvgIpc) is 3.13. The molecule has 2 N–H and O–H groups in total. The molecule has 0 radical (unpaired) electrons. The van der Waals surface area contributed by atoms with E-state index in [-0.39, 0.29) is 11.5 Å². The minimum atomic E-state index is -0.566. The highest BCUT2D eigenvalue weighted by molar-refractivity contribution is 6.06. The zero-order valence-corrected chi connectivity index (χ0v) is 14.2. The molecule has 0 fully saturated rings. The number of nitrogens with zero attached hydrogens (tertiary/aromatic N) is 1. The van der Waals surface area contributed by atoms with E-state index >= 15 is 0 Å². The van der Waals surface area contributed by atoms with Crippen LogP contribution in [0.2, 0.25) is 0 Å². The fourth-order valence-electron chi connectivity index (χ4n) is 3.93. The molecule has 1 aromatic carbocycles. The summed E-state index contributed by atoms with van der Waals surface area (Å²) < 4.78 is 0. The van der Waals surface area contributed by atoms with Crippen molar-refractivity contribution in [2.75, 3.05) is 5.32 Å². The third-order valence-electron chi connectivity index (χ3n) is 5.02. The summed E-state index contributed by atoms with van der Waals surface area (Å²) in [6.07, 6.45) is 3.00. The van der Waals surface area contributed by atoms with Gasteiger partial charge >= 0.3 is 0 Å². The lowest BCUT2D eigenvalue weighted by Crippen LogP contribution is -2.35. The lowest BCUT2D eigenvalue weighted by molar-refractivity contribution is -0.120. The van der Waals surface area contributed by atoms with Crippen LogP contribution >= 0.6 is 0 Å². The molecule has 25 heavy (non-hydrogen) atoms. The van der Waals surface area contributed by atoms with Gasteiger partial charge in [-0.1, -0.05) is 19.9 Å². The minimum Gasteiger partial charge on any atom is -0.322 e. The molecule has 0 bridgehead atoms. The maximum Gasteiger partial charge on any atom is 0.248 e. The molecule has 5 heteroatoms.